The van der Waals surface area contributed by atoms with E-state index in [0.717, 1.165) is 0 Å². The molecule has 116 valence electrons. The summed E-state index contributed by atoms with van der Waals surface area (Å²) in [5.41, 5.74) is 5.00. The van der Waals surface area contributed by atoms with E-state index in [2.05, 4.69) is 10.3 Å². The maximum atomic E-state index is 12.3. The van der Waals surface area contributed by atoms with Gasteiger partial charge in [0.15, 0.2) is 5.69 Å². The lowest BCUT2D eigenvalue weighted by molar-refractivity contribution is -0.152. The molecular formula is C13H21N5O3. The number of carbonyl (C=O) groups excluding carboxylic acids is 1. The Morgan fingerprint density at radius 1 is 1.43 bits per heavy atom. The van der Waals surface area contributed by atoms with Gasteiger partial charge >= 0.3 is 5.97 Å². The molecule has 0 aliphatic carbocycles. The van der Waals surface area contributed by atoms with Gasteiger partial charge in [-0.05, 0) is 19.3 Å². The number of nitrogens with zero attached hydrogens (tertiary/aromatic N) is 4. The van der Waals surface area contributed by atoms with Gasteiger partial charge in [0.1, 0.15) is 0 Å². The first-order valence-electron chi connectivity index (χ1n) is 7.15. The van der Waals surface area contributed by atoms with Crippen molar-refractivity contribution < 1.29 is 14.7 Å². The molecule has 2 heterocycles. The van der Waals surface area contributed by atoms with E-state index in [1.54, 1.807) is 11.1 Å². The summed E-state index contributed by atoms with van der Waals surface area (Å²) in [6.07, 6.45) is 3.11. The topological polar surface area (TPSA) is 114 Å². The van der Waals surface area contributed by atoms with Crippen LogP contribution in [0.4, 0.5) is 0 Å². The Hall–Kier alpha value is -1.96. The van der Waals surface area contributed by atoms with E-state index >= 15 is 0 Å². The summed E-state index contributed by atoms with van der Waals surface area (Å²) in [5, 5.41) is 17.0. The largest absolute Gasteiger partial charge is 0.481 e. The van der Waals surface area contributed by atoms with E-state index in [9.17, 15) is 14.7 Å². The molecule has 0 bridgehead atoms. The average molecular weight is 295 g/mol. The first-order chi connectivity index (χ1) is 10.0. The first-order valence-corrected chi connectivity index (χ1v) is 7.15. The van der Waals surface area contributed by atoms with Crippen LogP contribution >= 0.6 is 0 Å². The average Bonchev–Trinajstić information content (AvgIpc) is 2.95. The monoisotopic (exact) mass is 295 g/mol. The highest BCUT2D eigenvalue weighted by Crippen LogP contribution is 2.35. The number of piperidine rings is 1. The molecule has 1 aliphatic rings. The lowest BCUT2D eigenvalue weighted by Crippen LogP contribution is -2.46. The number of nitrogens with two attached hydrogens (primary N) is 1. The molecule has 8 heteroatoms. The first kappa shape index (κ1) is 15.4. The molecule has 1 aliphatic heterocycles. The fraction of sp³-hybridized carbons (Fsp3) is 0.692. The second-order valence-corrected chi connectivity index (χ2v) is 5.39. The number of likely N-dealkylation sites (tertiary alicyclic amines) is 1. The van der Waals surface area contributed by atoms with E-state index in [4.69, 9.17) is 5.73 Å². The van der Waals surface area contributed by atoms with Gasteiger partial charge in [-0.3, -0.25) is 14.3 Å². The fourth-order valence-corrected chi connectivity index (χ4v) is 2.66. The molecule has 0 aromatic carbocycles. The zero-order valence-electron chi connectivity index (χ0n) is 12.2. The molecule has 0 spiro atoms. The summed E-state index contributed by atoms with van der Waals surface area (Å²) < 4.78 is 1.53. The normalized spacial score (nSPS) is 17.7. The van der Waals surface area contributed by atoms with Crippen LogP contribution in [-0.2, 0) is 11.3 Å². The van der Waals surface area contributed by atoms with Gasteiger partial charge in [0.05, 0.1) is 18.2 Å². The van der Waals surface area contributed by atoms with Crippen molar-refractivity contribution in [1.29, 1.82) is 0 Å². The number of aromatic nitrogens is 3. The van der Waals surface area contributed by atoms with Gasteiger partial charge in [-0.15, -0.1) is 5.10 Å². The van der Waals surface area contributed by atoms with Gasteiger partial charge in [0, 0.05) is 19.6 Å². The number of rotatable bonds is 5. The Labute approximate surface area is 122 Å². The van der Waals surface area contributed by atoms with Crippen molar-refractivity contribution in [1.82, 2.24) is 19.9 Å². The second-order valence-electron chi connectivity index (χ2n) is 5.39. The van der Waals surface area contributed by atoms with Crippen LogP contribution in [0.3, 0.4) is 0 Å². The molecular weight excluding hydrogens is 274 g/mol. The van der Waals surface area contributed by atoms with Gasteiger partial charge in [-0.25, -0.2) is 0 Å². The van der Waals surface area contributed by atoms with E-state index in [1.807, 2.05) is 6.92 Å². The molecule has 0 saturated carbocycles. The predicted octanol–water partition coefficient (Wildman–Crippen LogP) is -0.0462. The van der Waals surface area contributed by atoms with Crippen LogP contribution in [0.25, 0.3) is 0 Å². The Morgan fingerprint density at radius 2 is 2.10 bits per heavy atom. The molecule has 1 aromatic rings. The van der Waals surface area contributed by atoms with Crippen LogP contribution in [0.15, 0.2) is 6.20 Å². The highest BCUT2D eigenvalue weighted by atomic mass is 16.4. The lowest BCUT2D eigenvalue weighted by Gasteiger charge is -2.38. The van der Waals surface area contributed by atoms with Crippen LogP contribution in [0, 0.1) is 5.41 Å². The van der Waals surface area contributed by atoms with Gasteiger partial charge in [0.2, 0.25) is 0 Å². The van der Waals surface area contributed by atoms with Crippen molar-refractivity contribution in [2.45, 2.75) is 32.7 Å². The highest BCUT2D eigenvalue weighted by molar-refractivity contribution is 5.92. The van der Waals surface area contributed by atoms with Crippen LogP contribution in [0.5, 0.6) is 0 Å². The maximum absolute atomic E-state index is 12.3. The van der Waals surface area contributed by atoms with Gasteiger partial charge < -0.3 is 15.7 Å². The molecule has 2 rings (SSSR count). The predicted molar refractivity (Wildman–Crippen MR) is 74.6 cm³/mol. The summed E-state index contributed by atoms with van der Waals surface area (Å²) in [5.74, 6) is -0.973. The summed E-state index contributed by atoms with van der Waals surface area (Å²) in [4.78, 5) is 25.4. The van der Waals surface area contributed by atoms with Crippen molar-refractivity contribution in [3.05, 3.63) is 11.9 Å². The molecule has 1 amide bonds. The van der Waals surface area contributed by atoms with Gasteiger partial charge in [0.25, 0.3) is 5.91 Å². The lowest BCUT2D eigenvalue weighted by atomic mass is 9.76. The van der Waals surface area contributed by atoms with E-state index in [-0.39, 0.29) is 11.6 Å². The fourth-order valence-electron chi connectivity index (χ4n) is 2.66. The van der Waals surface area contributed by atoms with E-state index in [1.165, 1.54) is 4.68 Å². The SMILES string of the molecule is CCC1(C(=O)O)CCN(C(=O)c2cn(CCN)nn2)CC1. The molecule has 1 fully saturated rings. The molecule has 8 nitrogen and oxygen atoms in total. The van der Waals surface area contributed by atoms with Crippen molar-refractivity contribution in [2.75, 3.05) is 19.6 Å². The number of hydrogen-bond donors (Lipinski definition) is 2. The summed E-state index contributed by atoms with van der Waals surface area (Å²) in [6.45, 7) is 3.69. The molecule has 0 unspecified atom stereocenters. The Bertz CT molecular complexity index is 520. The van der Waals surface area contributed by atoms with Crippen molar-refractivity contribution >= 4 is 11.9 Å². The second kappa shape index (κ2) is 6.21. The van der Waals surface area contributed by atoms with Gasteiger partial charge in [-0.1, -0.05) is 12.1 Å². The molecule has 0 atom stereocenters. The molecule has 21 heavy (non-hydrogen) atoms. The Morgan fingerprint density at radius 3 is 2.62 bits per heavy atom. The highest BCUT2D eigenvalue weighted by Gasteiger charge is 2.41. The van der Waals surface area contributed by atoms with Crippen LogP contribution in [0.2, 0.25) is 0 Å². The number of carboxylic acids is 1. The van der Waals surface area contributed by atoms with Crippen molar-refractivity contribution in [3.63, 3.8) is 0 Å². The van der Waals surface area contributed by atoms with Crippen LogP contribution in [-0.4, -0.2) is 56.5 Å². The number of aliphatic carboxylic acids is 1. The quantitative estimate of drug-likeness (QED) is 0.787. The molecule has 1 saturated heterocycles. The third-order valence-corrected chi connectivity index (χ3v) is 4.25. The van der Waals surface area contributed by atoms with Crippen LogP contribution in [0.1, 0.15) is 36.7 Å². The zero-order chi connectivity index (χ0) is 15.5. The third-order valence-electron chi connectivity index (χ3n) is 4.25. The molecule has 1 aromatic heterocycles. The van der Waals surface area contributed by atoms with Crippen LogP contribution < -0.4 is 5.73 Å². The van der Waals surface area contributed by atoms with Gasteiger partial charge in [-0.2, -0.15) is 0 Å². The molecule has 3 N–H and O–H groups in total. The standard InChI is InChI=1S/C13H21N5O3/c1-2-13(12(20)21)3-6-17(7-4-13)11(19)10-9-18(8-5-14)16-15-10/h9H,2-8,14H2,1H3,(H,20,21). The van der Waals surface area contributed by atoms with E-state index < -0.39 is 11.4 Å². The number of hydrogen-bond acceptors (Lipinski definition) is 5. The van der Waals surface area contributed by atoms with E-state index in [0.29, 0.717) is 45.4 Å². The minimum Gasteiger partial charge on any atom is -0.481 e. The Balaban J connectivity index is 2.01. The smallest absolute Gasteiger partial charge is 0.309 e. The molecule has 0 radical (unpaired) electrons. The van der Waals surface area contributed by atoms with Crippen molar-refractivity contribution in [2.24, 2.45) is 11.1 Å². The minimum atomic E-state index is -0.772. The minimum absolute atomic E-state index is 0.201. The Kier molecular flexibility index (Phi) is 4.56. The maximum Gasteiger partial charge on any atom is 0.309 e. The summed E-state index contributed by atoms with van der Waals surface area (Å²) >= 11 is 0. The number of amides is 1. The summed E-state index contributed by atoms with van der Waals surface area (Å²) in [6, 6.07) is 0. The zero-order valence-corrected chi connectivity index (χ0v) is 12.2. The summed E-state index contributed by atoms with van der Waals surface area (Å²) in [7, 11) is 0. The van der Waals surface area contributed by atoms with Crippen molar-refractivity contribution in [3.8, 4) is 0 Å². The third kappa shape index (κ3) is 3.05. The number of carbonyl (C=O) groups is 2. The number of carboxylic acid groups (broad SMARTS) is 1.